The number of amides is 1. The molecule has 0 spiro atoms. The molecule has 2 aromatic heterocycles. The van der Waals surface area contributed by atoms with Gasteiger partial charge in [-0.2, -0.15) is 4.79 Å². The van der Waals surface area contributed by atoms with Crippen LogP contribution in [0.2, 0.25) is 0 Å². The van der Waals surface area contributed by atoms with Crippen LogP contribution in [0.4, 0.5) is 9.59 Å². The molecule has 1 amide bonds. The lowest BCUT2D eigenvalue weighted by Crippen LogP contribution is -2.44. The summed E-state index contributed by atoms with van der Waals surface area (Å²) in [5.74, 6) is 0.989. The highest BCUT2D eigenvalue weighted by Crippen LogP contribution is 2.33. The fourth-order valence-corrected chi connectivity index (χ4v) is 7.10. The maximum atomic E-state index is 12.0. The van der Waals surface area contributed by atoms with Gasteiger partial charge in [0.25, 0.3) is 5.91 Å². The number of likely N-dealkylation sites (tertiary alicyclic amines) is 2. The first kappa shape index (κ1) is 55.9. The minimum atomic E-state index is -2.19. The number of imidazole rings is 1. The molecule has 4 heterocycles. The van der Waals surface area contributed by atoms with E-state index in [4.69, 9.17) is 25.1 Å². The molecule has 0 bridgehead atoms. The average molecular weight is 883 g/mol. The Morgan fingerprint density at radius 2 is 1.65 bits per heavy atom. The van der Waals surface area contributed by atoms with E-state index in [-0.39, 0.29) is 25.2 Å². The molecule has 2 unspecified atom stereocenters. The fourth-order valence-electron chi connectivity index (χ4n) is 5.35. The lowest BCUT2D eigenvalue weighted by molar-refractivity contribution is -0.108. The highest BCUT2D eigenvalue weighted by atomic mass is 32.1. The van der Waals surface area contributed by atoms with Crippen molar-refractivity contribution in [1.29, 1.82) is 0 Å². The molecular weight excluding hydrogens is 814 g/mol. The normalized spacial score (nSPS) is 14.7. The summed E-state index contributed by atoms with van der Waals surface area (Å²) in [6.45, 7) is 19.8. The van der Waals surface area contributed by atoms with E-state index in [0.717, 1.165) is 53.8 Å². The molecule has 2 aliphatic heterocycles. The SMILES string of the molecule is C=O.CC(C)OC(=O)OCO.CC(C)OCOC(=O)[P+](=O)Cc1ccc2sc(C(N)=O)cc2c1.CCC(C)[C@@H](C)CCC=O.CN1CC(n2ccnc2)C1.CN1CCCC1. The standard InChI is InChI=1S/C15H16NO5PS.C9H18O.C7H11N3.C5H11N.C5H10O4.CH2O/c1-9(2)20-8-21-15(18)22(19)7-10-3-4-12-11(5-10)6-13(23-12)14(16)17;1-4-8(2)9(3)6-5-7-10;1-9-4-7(5-9)10-3-2-8-6-10;1-6-4-2-3-5-6;1-4(2)9-5(7)8-3-6;1-2/h3-6,9H,7-8H2,1-2H3,(H-,16,17);7-9H,4-6H2,1-3H3;2-3,6-7H,4-5H2,1H3;2-5H2,1H3;4,6H,3H2,1-2H3;1H2/p+1/t;8?,9-;;;;/m.0..../s1. The summed E-state index contributed by atoms with van der Waals surface area (Å²) in [7, 11) is 2.12. The Morgan fingerprint density at radius 3 is 2.12 bits per heavy atom. The van der Waals surface area contributed by atoms with Gasteiger partial charge in [-0.25, -0.2) is 9.78 Å². The molecule has 16 nitrogen and oxygen atoms in total. The van der Waals surface area contributed by atoms with Gasteiger partial charge in [0.2, 0.25) is 0 Å². The van der Waals surface area contributed by atoms with Crippen LogP contribution >= 0.6 is 19.1 Å². The summed E-state index contributed by atoms with van der Waals surface area (Å²) in [5, 5.41) is 8.86. The van der Waals surface area contributed by atoms with Gasteiger partial charge < -0.3 is 53.7 Å². The molecule has 2 saturated heterocycles. The average Bonchev–Trinajstić information content (AvgIpc) is 4.00. The number of hydrogen-bond donors (Lipinski definition) is 2. The molecule has 2 aliphatic rings. The summed E-state index contributed by atoms with van der Waals surface area (Å²) >= 11 is 1.30. The van der Waals surface area contributed by atoms with Gasteiger partial charge in [-0.15, -0.1) is 11.3 Å². The van der Waals surface area contributed by atoms with Gasteiger partial charge in [-0.3, -0.25) is 4.79 Å². The van der Waals surface area contributed by atoms with Gasteiger partial charge in [0.05, 0.1) is 29.5 Å². The van der Waals surface area contributed by atoms with Crippen LogP contribution in [-0.4, -0.2) is 121 Å². The van der Waals surface area contributed by atoms with Gasteiger partial charge in [-0.1, -0.05) is 37.8 Å². The van der Waals surface area contributed by atoms with Crippen molar-refractivity contribution in [3.63, 3.8) is 0 Å². The van der Waals surface area contributed by atoms with Crippen LogP contribution in [0.15, 0.2) is 43.0 Å². The minimum Gasteiger partial charge on any atom is -0.432 e. The molecule has 3 aromatic rings. The monoisotopic (exact) mass is 882 g/mol. The number of nitrogens with zero attached hydrogens (tertiary/aromatic N) is 4. The van der Waals surface area contributed by atoms with Crippen molar-refractivity contribution in [1.82, 2.24) is 19.4 Å². The Bertz CT molecular complexity index is 1650. The van der Waals surface area contributed by atoms with Crippen LogP contribution in [0.25, 0.3) is 10.1 Å². The van der Waals surface area contributed by atoms with E-state index in [0.29, 0.717) is 16.8 Å². The number of fused-ring (bicyclic) bond motifs is 1. The number of thiophene rings is 1. The van der Waals surface area contributed by atoms with Crippen molar-refractivity contribution >= 4 is 60.1 Å². The number of nitrogens with two attached hydrogens (primary N) is 1. The van der Waals surface area contributed by atoms with Crippen LogP contribution in [0.3, 0.4) is 0 Å². The molecule has 3 atom stereocenters. The van der Waals surface area contributed by atoms with Crippen molar-refractivity contribution < 1.29 is 52.6 Å². The van der Waals surface area contributed by atoms with Crippen LogP contribution in [0, 0.1) is 11.8 Å². The number of ether oxygens (including phenoxy) is 4. The number of benzene rings is 1. The maximum absolute atomic E-state index is 12.0. The molecule has 0 radical (unpaired) electrons. The first-order valence-corrected chi connectivity index (χ1v) is 22.3. The van der Waals surface area contributed by atoms with Crippen molar-refractivity contribution in [3.05, 3.63) is 53.4 Å². The number of likely N-dealkylation sites (N-methyl/N-ethyl adjacent to an activating group) is 1. The lowest BCUT2D eigenvalue weighted by Gasteiger charge is -2.36. The van der Waals surface area contributed by atoms with E-state index in [1.807, 2.05) is 45.4 Å². The Morgan fingerprint density at radius 1 is 1.00 bits per heavy atom. The number of aliphatic hydroxyl groups excluding tert-OH is 1. The summed E-state index contributed by atoms with van der Waals surface area (Å²) in [4.78, 5) is 60.2. The number of aliphatic hydroxyl groups is 1. The quantitative estimate of drug-likeness (QED) is 0.0644. The second-order valence-electron chi connectivity index (χ2n) is 14.8. The molecule has 0 aliphatic carbocycles. The summed E-state index contributed by atoms with van der Waals surface area (Å²) < 4.78 is 33.5. The molecule has 3 N–H and O–H groups in total. The van der Waals surface area contributed by atoms with E-state index in [1.165, 1.54) is 43.7 Å². The second kappa shape index (κ2) is 32.6. The Kier molecular flexibility index (Phi) is 30.4. The molecule has 60 heavy (non-hydrogen) atoms. The molecule has 18 heteroatoms. The van der Waals surface area contributed by atoms with Crippen LogP contribution in [-0.2, 0) is 39.3 Å². The third kappa shape index (κ3) is 24.8. The zero-order chi connectivity index (χ0) is 45.6. The van der Waals surface area contributed by atoms with E-state index in [9.17, 15) is 23.7 Å². The zero-order valence-electron chi connectivity index (χ0n) is 36.9. The van der Waals surface area contributed by atoms with Crippen molar-refractivity contribution in [2.75, 3.05) is 53.9 Å². The number of rotatable bonds is 15. The summed E-state index contributed by atoms with van der Waals surface area (Å²) in [5.41, 5.74) is 5.21. The van der Waals surface area contributed by atoms with Gasteiger partial charge in [0, 0.05) is 42.2 Å². The zero-order valence-corrected chi connectivity index (χ0v) is 38.7. The van der Waals surface area contributed by atoms with Crippen molar-refractivity contribution in [2.45, 2.75) is 105 Å². The number of carbonyl (C=O) groups excluding carboxylic acids is 5. The van der Waals surface area contributed by atoms with E-state index >= 15 is 0 Å². The fraction of sp³-hybridized carbons (Fsp3) is 0.619. The number of carbonyl (C=O) groups is 5. The first-order valence-electron chi connectivity index (χ1n) is 20.1. The highest BCUT2D eigenvalue weighted by molar-refractivity contribution is 7.62. The van der Waals surface area contributed by atoms with Crippen molar-refractivity contribution in [2.24, 2.45) is 17.6 Å². The number of aldehydes is 1. The largest absolute Gasteiger partial charge is 0.557 e. The molecule has 5 rings (SSSR count). The van der Waals surface area contributed by atoms with E-state index in [2.05, 4.69) is 63.7 Å². The Labute approximate surface area is 360 Å². The predicted molar refractivity (Wildman–Crippen MR) is 236 cm³/mol. The van der Waals surface area contributed by atoms with Gasteiger partial charge >= 0.3 is 19.7 Å². The van der Waals surface area contributed by atoms with Gasteiger partial charge in [-0.05, 0) is 110 Å². The Balaban J connectivity index is 0.000000787. The van der Waals surface area contributed by atoms with Gasteiger partial charge in [0.15, 0.2) is 19.7 Å². The van der Waals surface area contributed by atoms with Crippen LogP contribution < -0.4 is 5.73 Å². The van der Waals surface area contributed by atoms with Crippen LogP contribution in [0.1, 0.15) is 102 Å². The third-order valence-corrected chi connectivity index (χ3v) is 11.4. The van der Waals surface area contributed by atoms with E-state index < -0.39 is 32.4 Å². The number of aromatic nitrogens is 2. The highest BCUT2D eigenvalue weighted by Gasteiger charge is 2.31. The molecule has 1 aromatic carbocycles. The van der Waals surface area contributed by atoms with Gasteiger partial charge in [0.1, 0.15) is 13.1 Å². The molecule has 0 saturated carbocycles. The summed E-state index contributed by atoms with van der Waals surface area (Å²) in [6, 6.07) is 7.75. The van der Waals surface area contributed by atoms with Crippen molar-refractivity contribution in [3.8, 4) is 0 Å². The first-order chi connectivity index (χ1) is 28.5. The lowest BCUT2D eigenvalue weighted by atomic mass is 9.90. The smallest absolute Gasteiger partial charge is 0.432 e. The van der Waals surface area contributed by atoms with E-state index in [1.54, 1.807) is 32.0 Å². The molecule has 338 valence electrons. The second-order valence-corrected chi connectivity index (χ2v) is 17.3. The molecular formula is C42H69N5O11PS+. The van der Waals surface area contributed by atoms with Crippen LogP contribution in [0.5, 0.6) is 0 Å². The topological polar surface area (TPSA) is 210 Å². The maximum Gasteiger partial charge on any atom is 0.557 e. The summed E-state index contributed by atoms with van der Waals surface area (Å²) in [6.07, 6.45) is 11.6. The minimum absolute atomic E-state index is 0.0684. The predicted octanol–water partition coefficient (Wildman–Crippen LogP) is 7.89. The Hall–Kier alpha value is -4.12. The molecule has 2 fully saturated rings. The third-order valence-electron chi connectivity index (χ3n) is 9.13. The number of primary amides is 1. The number of hydrogen-bond acceptors (Lipinski definition) is 15.